The van der Waals surface area contributed by atoms with E-state index in [4.69, 9.17) is 0 Å². The fraction of sp³-hybridized carbons (Fsp3) is 0.462. The smallest absolute Gasteiger partial charge is 0.254 e. The van der Waals surface area contributed by atoms with Crippen LogP contribution in [0, 0.1) is 17.6 Å². The highest BCUT2D eigenvalue weighted by atomic mass is 19.1. The van der Waals surface area contributed by atoms with Gasteiger partial charge in [0.05, 0.1) is 0 Å². The average molecular weight is 254 g/mol. The van der Waals surface area contributed by atoms with Gasteiger partial charge in [0.2, 0.25) is 0 Å². The standard InChI is InChI=1S/C13H16F2N2O/c1-16-7-9-2-3-17(8-9)13(18)10-4-11(14)6-12(15)5-10/h4-6,9,16H,2-3,7-8H2,1H3/t9-/m1/s1. The summed E-state index contributed by atoms with van der Waals surface area (Å²) in [5.74, 6) is -1.32. The Hall–Kier alpha value is -1.49. The Bertz CT molecular complexity index is 430. The quantitative estimate of drug-likeness (QED) is 0.889. The monoisotopic (exact) mass is 254 g/mol. The molecule has 1 heterocycles. The van der Waals surface area contributed by atoms with Crippen molar-refractivity contribution in [2.24, 2.45) is 5.92 Å². The van der Waals surface area contributed by atoms with Crippen LogP contribution in [-0.4, -0.2) is 37.5 Å². The van der Waals surface area contributed by atoms with Crippen LogP contribution in [0.1, 0.15) is 16.8 Å². The van der Waals surface area contributed by atoms with E-state index in [1.807, 2.05) is 7.05 Å². The van der Waals surface area contributed by atoms with Gasteiger partial charge in [-0.2, -0.15) is 0 Å². The van der Waals surface area contributed by atoms with Gasteiger partial charge in [0.25, 0.3) is 5.91 Å². The predicted octanol–water partition coefficient (Wildman–Crippen LogP) is 1.65. The molecule has 0 aromatic heterocycles. The molecular formula is C13H16F2N2O. The largest absolute Gasteiger partial charge is 0.338 e. The molecule has 1 fully saturated rings. The van der Waals surface area contributed by atoms with E-state index in [-0.39, 0.29) is 11.5 Å². The van der Waals surface area contributed by atoms with Crippen LogP contribution >= 0.6 is 0 Å². The van der Waals surface area contributed by atoms with Gasteiger partial charge in [-0.25, -0.2) is 8.78 Å². The van der Waals surface area contributed by atoms with E-state index >= 15 is 0 Å². The first kappa shape index (κ1) is 13.0. The second kappa shape index (κ2) is 5.44. The summed E-state index contributed by atoms with van der Waals surface area (Å²) >= 11 is 0. The molecule has 1 atom stereocenters. The molecule has 1 saturated heterocycles. The highest BCUT2D eigenvalue weighted by molar-refractivity contribution is 5.94. The minimum Gasteiger partial charge on any atom is -0.338 e. The number of benzene rings is 1. The zero-order chi connectivity index (χ0) is 13.1. The zero-order valence-corrected chi connectivity index (χ0v) is 10.2. The van der Waals surface area contributed by atoms with E-state index in [1.54, 1.807) is 4.90 Å². The Kier molecular flexibility index (Phi) is 3.91. The first-order chi connectivity index (χ1) is 8.60. The van der Waals surface area contributed by atoms with E-state index in [2.05, 4.69) is 5.32 Å². The number of hydrogen-bond donors (Lipinski definition) is 1. The van der Waals surface area contributed by atoms with Gasteiger partial charge in [-0.15, -0.1) is 0 Å². The molecule has 3 nitrogen and oxygen atoms in total. The summed E-state index contributed by atoms with van der Waals surface area (Å²) in [5, 5.41) is 3.07. The topological polar surface area (TPSA) is 32.3 Å². The van der Waals surface area contributed by atoms with Crippen LogP contribution in [0.25, 0.3) is 0 Å². The molecule has 1 N–H and O–H groups in total. The number of nitrogens with one attached hydrogen (secondary N) is 1. The highest BCUT2D eigenvalue weighted by Gasteiger charge is 2.26. The van der Waals surface area contributed by atoms with E-state index in [0.29, 0.717) is 19.0 Å². The van der Waals surface area contributed by atoms with Crippen LogP contribution in [-0.2, 0) is 0 Å². The van der Waals surface area contributed by atoms with Crippen LogP contribution < -0.4 is 5.32 Å². The third-order valence-corrected chi connectivity index (χ3v) is 3.18. The van der Waals surface area contributed by atoms with Gasteiger partial charge < -0.3 is 10.2 Å². The maximum absolute atomic E-state index is 13.1. The molecule has 1 aromatic carbocycles. The predicted molar refractivity (Wildman–Crippen MR) is 64.3 cm³/mol. The van der Waals surface area contributed by atoms with Gasteiger partial charge >= 0.3 is 0 Å². The molecule has 98 valence electrons. The van der Waals surface area contributed by atoms with Gasteiger partial charge in [-0.05, 0) is 38.1 Å². The van der Waals surface area contributed by atoms with Crippen molar-refractivity contribution in [1.29, 1.82) is 0 Å². The molecule has 1 aliphatic heterocycles. The maximum Gasteiger partial charge on any atom is 0.254 e. The first-order valence-corrected chi connectivity index (χ1v) is 6.00. The van der Waals surface area contributed by atoms with Crippen molar-refractivity contribution < 1.29 is 13.6 Å². The highest BCUT2D eigenvalue weighted by Crippen LogP contribution is 2.19. The number of rotatable bonds is 3. The SMILES string of the molecule is CNC[C@H]1CCN(C(=O)c2cc(F)cc(F)c2)C1. The molecule has 0 unspecified atom stereocenters. The first-order valence-electron chi connectivity index (χ1n) is 6.00. The van der Waals surface area contributed by atoms with Crippen molar-refractivity contribution in [3.05, 3.63) is 35.4 Å². The van der Waals surface area contributed by atoms with Crippen molar-refractivity contribution in [2.75, 3.05) is 26.7 Å². The van der Waals surface area contributed by atoms with Crippen LogP contribution in [0.2, 0.25) is 0 Å². The number of hydrogen-bond acceptors (Lipinski definition) is 2. The average Bonchev–Trinajstić information content (AvgIpc) is 2.76. The third kappa shape index (κ3) is 2.85. The number of nitrogens with zero attached hydrogens (tertiary/aromatic N) is 1. The summed E-state index contributed by atoms with van der Waals surface area (Å²) in [6.07, 6.45) is 0.921. The Labute approximate surface area is 105 Å². The second-order valence-electron chi connectivity index (χ2n) is 4.62. The summed E-state index contributed by atoms with van der Waals surface area (Å²) in [6, 6.07) is 2.93. The van der Waals surface area contributed by atoms with Crippen molar-refractivity contribution in [2.45, 2.75) is 6.42 Å². The fourth-order valence-corrected chi connectivity index (χ4v) is 2.33. The third-order valence-electron chi connectivity index (χ3n) is 3.18. The Morgan fingerprint density at radius 1 is 1.39 bits per heavy atom. The molecule has 0 aliphatic carbocycles. The summed E-state index contributed by atoms with van der Waals surface area (Å²) in [7, 11) is 1.87. The van der Waals surface area contributed by atoms with E-state index < -0.39 is 11.6 Å². The fourth-order valence-electron chi connectivity index (χ4n) is 2.33. The minimum atomic E-state index is -0.718. The molecule has 1 aromatic rings. The van der Waals surface area contributed by atoms with Gasteiger partial charge in [0.1, 0.15) is 11.6 Å². The number of halogens is 2. The normalized spacial score (nSPS) is 19.3. The maximum atomic E-state index is 13.1. The summed E-state index contributed by atoms with van der Waals surface area (Å²) in [4.78, 5) is 13.7. The molecule has 0 spiro atoms. The molecular weight excluding hydrogens is 238 g/mol. The molecule has 1 amide bonds. The summed E-state index contributed by atoms with van der Waals surface area (Å²) in [6.45, 7) is 2.13. The Morgan fingerprint density at radius 3 is 2.67 bits per heavy atom. The molecule has 5 heteroatoms. The summed E-state index contributed by atoms with van der Waals surface area (Å²) in [5.41, 5.74) is 0.0811. The van der Waals surface area contributed by atoms with Gasteiger partial charge in [0.15, 0.2) is 0 Å². The Morgan fingerprint density at radius 2 is 2.06 bits per heavy atom. The van der Waals surface area contributed by atoms with Crippen molar-refractivity contribution in [3.63, 3.8) is 0 Å². The zero-order valence-electron chi connectivity index (χ0n) is 10.2. The molecule has 1 aliphatic rings. The van der Waals surface area contributed by atoms with Gasteiger partial charge in [-0.3, -0.25) is 4.79 Å². The molecule has 2 rings (SSSR count). The lowest BCUT2D eigenvalue weighted by Crippen LogP contribution is -2.30. The molecule has 0 saturated carbocycles. The minimum absolute atomic E-state index is 0.0811. The van der Waals surface area contributed by atoms with Gasteiger partial charge in [-0.1, -0.05) is 0 Å². The lowest BCUT2D eigenvalue weighted by atomic mass is 10.1. The van der Waals surface area contributed by atoms with Crippen LogP contribution in [0.5, 0.6) is 0 Å². The molecule has 0 radical (unpaired) electrons. The lowest BCUT2D eigenvalue weighted by molar-refractivity contribution is 0.0786. The number of carbonyl (C=O) groups excluding carboxylic acids is 1. The van der Waals surface area contributed by atoms with Crippen LogP contribution in [0.3, 0.4) is 0 Å². The Balaban J connectivity index is 2.08. The summed E-state index contributed by atoms with van der Waals surface area (Å²) < 4.78 is 26.1. The van der Waals surface area contributed by atoms with E-state index in [0.717, 1.165) is 31.2 Å². The number of likely N-dealkylation sites (tertiary alicyclic amines) is 1. The van der Waals surface area contributed by atoms with E-state index in [9.17, 15) is 13.6 Å². The number of amides is 1. The van der Waals surface area contributed by atoms with Crippen LogP contribution in [0.4, 0.5) is 8.78 Å². The molecule has 18 heavy (non-hydrogen) atoms. The molecule has 0 bridgehead atoms. The number of carbonyl (C=O) groups is 1. The lowest BCUT2D eigenvalue weighted by Gasteiger charge is -2.16. The van der Waals surface area contributed by atoms with Crippen LogP contribution in [0.15, 0.2) is 18.2 Å². The van der Waals surface area contributed by atoms with Crippen molar-refractivity contribution in [1.82, 2.24) is 10.2 Å². The second-order valence-corrected chi connectivity index (χ2v) is 4.62. The van der Waals surface area contributed by atoms with Crippen molar-refractivity contribution in [3.8, 4) is 0 Å². The van der Waals surface area contributed by atoms with Gasteiger partial charge in [0, 0.05) is 24.7 Å². The van der Waals surface area contributed by atoms with E-state index in [1.165, 1.54) is 0 Å². The van der Waals surface area contributed by atoms with Crippen molar-refractivity contribution >= 4 is 5.91 Å².